The number of carbonyl (C=O) groups is 3. The van der Waals surface area contributed by atoms with Crippen LogP contribution in [0, 0.1) is 23.2 Å². The van der Waals surface area contributed by atoms with Gasteiger partial charge in [0.05, 0.1) is 5.92 Å². The molecule has 0 radical (unpaired) electrons. The van der Waals surface area contributed by atoms with Crippen molar-refractivity contribution in [2.75, 3.05) is 32.7 Å². The van der Waals surface area contributed by atoms with Crippen molar-refractivity contribution in [2.24, 2.45) is 23.2 Å². The zero-order valence-electron chi connectivity index (χ0n) is 16.8. The van der Waals surface area contributed by atoms with Gasteiger partial charge in [-0.1, -0.05) is 20.8 Å². The van der Waals surface area contributed by atoms with Gasteiger partial charge in [0.15, 0.2) is 0 Å². The third kappa shape index (κ3) is 6.19. The van der Waals surface area contributed by atoms with Crippen molar-refractivity contribution in [3.63, 3.8) is 0 Å². The maximum atomic E-state index is 12.6. The number of piperidine rings is 2. The number of hydrogen-bond acceptors (Lipinski definition) is 4. The van der Waals surface area contributed by atoms with Gasteiger partial charge in [-0.3, -0.25) is 14.4 Å². The summed E-state index contributed by atoms with van der Waals surface area (Å²) in [5.41, 5.74) is -0.428. The van der Waals surface area contributed by atoms with Gasteiger partial charge in [-0.15, -0.1) is 0 Å². The van der Waals surface area contributed by atoms with E-state index < -0.39 is 17.4 Å². The van der Waals surface area contributed by atoms with E-state index in [1.165, 1.54) is 0 Å². The highest BCUT2D eigenvalue weighted by molar-refractivity contribution is 5.81. The monoisotopic (exact) mass is 382 g/mol. The Morgan fingerprint density at radius 1 is 0.963 bits per heavy atom. The predicted octanol–water partition coefficient (Wildman–Crippen LogP) is 2.16. The molecule has 0 unspecified atom stereocenters. The molecule has 2 rings (SSSR count). The Morgan fingerprint density at radius 2 is 1.59 bits per heavy atom. The van der Waals surface area contributed by atoms with Crippen molar-refractivity contribution in [3.8, 4) is 0 Å². The first kappa shape index (κ1) is 21.7. The number of carbonyl (C=O) groups excluding carboxylic acids is 1. The quantitative estimate of drug-likeness (QED) is 0.730. The maximum absolute atomic E-state index is 12.6. The van der Waals surface area contributed by atoms with Crippen LogP contribution in [-0.4, -0.2) is 70.6 Å². The molecular formula is C20H34N2O5. The third-order valence-electron chi connectivity index (χ3n) is 6.01. The number of likely N-dealkylation sites (tertiary alicyclic amines) is 2. The van der Waals surface area contributed by atoms with E-state index in [2.05, 4.69) is 4.90 Å². The van der Waals surface area contributed by atoms with Crippen molar-refractivity contribution < 1.29 is 24.6 Å². The Hall–Kier alpha value is -1.63. The summed E-state index contributed by atoms with van der Waals surface area (Å²) < 4.78 is 0. The van der Waals surface area contributed by atoms with Crippen LogP contribution in [0.2, 0.25) is 0 Å². The van der Waals surface area contributed by atoms with Gasteiger partial charge in [0, 0.05) is 24.9 Å². The van der Waals surface area contributed by atoms with Crippen LogP contribution in [0.25, 0.3) is 0 Å². The molecule has 2 atom stereocenters. The molecule has 7 heteroatoms. The van der Waals surface area contributed by atoms with Gasteiger partial charge >= 0.3 is 11.9 Å². The van der Waals surface area contributed by atoms with Gasteiger partial charge in [-0.05, 0) is 57.2 Å². The van der Waals surface area contributed by atoms with E-state index in [0.717, 1.165) is 32.5 Å². The van der Waals surface area contributed by atoms with E-state index in [4.69, 9.17) is 5.11 Å². The average molecular weight is 383 g/mol. The lowest BCUT2D eigenvalue weighted by molar-refractivity contribution is -0.144. The van der Waals surface area contributed by atoms with Gasteiger partial charge in [-0.25, -0.2) is 0 Å². The molecule has 2 heterocycles. The lowest BCUT2D eigenvalue weighted by atomic mass is 9.80. The van der Waals surface area contributed by atoms with Crippen LogP contribution in [-0.2, 0) is 14.4 Å². The SMILES string of the molecule is CC(C)(C)C(=O)N1CC[C@@H](CC(=O)O)[C@@H](CCN2CCC(C(=O)O)CC2)C1. The van der Waals surface area contributed by atoms with Crippen LogP contribution in [0.15, 0.2) is 0 Å². The Bertz CT molecular complexity index is 549. The first-order valence-electron chi connectivity index (χ1n) is 10.0. The van der Waals surface area contributed by atoms with E-state index in [1.807, 2.05) is 25.7 Å². The van der Waals surface area contributed by atoms with Crippen LogP contribution in [0.3, 0.4) is 0 Å². The van der Waals surface area contributed by atoms with Crippen molar-refractivity contribution in [1.29, 1.82) is 0 Å². The smallest absolute Gasteiger partial charge is 0.306 e. The minimum absolute atomic E-state index is 0.100. The van der Waals surface area contributed by atoms with Crippen molar-refractivity contribution in [3.05, 3.63) is 0 Å². The molecule has 0 aromatic rings. The highest BCUT2D eigenvalue weighted by atomic mass is 16.4. The Labute approximate surface area is 161 Å². The zero-order chi connectivity index (χ0) is 20.2. The van der Waals surface area contributed by atoms with Crippen molar-refractivity contribution in [1.82, 2.24) is 9.80 Å². The number of aliphatic carboxylic acids is 2. The molecule has 0 saturated carbocycles. The second-order valence-corrected chi connectivity index (χ2v) is 9.15. The highest BCUT2D eigenvalue weighted by Crippen LogP contribution is 2.32. The zero-order valence-corrected chi connectivity index (χ0v) is 16.8. The van der Waals surface area contributed by atoms with Gasteiger partial charge in [0.25, 0.3) is 0 Å². The fourth-order valence-corrected chi connectivity index (χ4v) is 4.31. The summed E-state index contributed by atoms with van der Waals surface area (Å²) in [5.74, 6) is -1.32. The minimum Gasteiger partial charge on any atom is -0.481 e. The largest absolute Gasteiger partial charge is 0.481 e. The number of nitrogens with zero attached hydrogens (tertiary/aromatic N) is 2. The summed E-state index contributed by atoms with van der Waals surface area (Å²) >= 11 is 0. The van der Waals surface area contributed by atoms with Crippen molar-refractivity contribution in [2.45, 2.75) is 52.9 Å². The fraction of sp³-hybridized carbons (Fsp3) is 0.850. The summed E-state index contributed by atoms with van der Waals surface area (Å²) in [6, 6.07) is 0. The number of amides is 1. The number of hydrogen-bond donors (Lipinski definition) is 2. The lowest BCUT2D eigenvalue weighted by Gasteiger charge is -2.41. The summed E-state index contributed by atoms with van der Waals surface area (Å²) in [6.45, 7) is 9.40. The van der Waals surface area contributed by atoms with Gasteiger partial charge < -0.3 is 20.0 Å². The Morgan fingerprint density at radius 3 is 2.11 bits per heavy atom. The molecule has 1 amide bonds. The first-order chi connectivity index (χ1) is 12.6. The lowest BCUT2D eigenvalue weighted by Crippen LogP contribution is -2.49. The molecule has 154 valence electrons. The summed E-state index contributed by atoms with van der Waals surface area (Å²) in [7, 11) is 0. The molecule has 2 aliphatic heterocycles. The van der Waals surface area contributed by atoms with Gasteiger partial charge in [0.2, 0.25) is 5.91 Å². The molecule has 0 spiro atoms. The number of carboxylic acids is 2. The predicted molar refractivity (Wildman–Crippen MR) is 101 cm³/mol. The van der Waals surface area contributed by atoms with Crippen LogP contribution in [0.5, 0.6) is 0 Å². The van der Waals surface area contributed by atoms with Crippen LogP contribution >= 0.6 is 0 Å². The molecule has 0 aromatic heterocycles. The molecule has 7 nitrogen and oxygen atoms in total. The van der Waals surface area contributed by atoms with Gasteiger partial charge in [0.1, 0.15) is 0 Å². The molecule has 0 aliphatic carbocycles. The second-order valence-electron chi connectivity index (χ2n) is 9.15. The number of rotatable bonds is 6. The molecule has 27 heavy (non-hydrogen) atoms. The van der Waals surface area contributed by atoms with Crippen LogP contribution < -0.4 is 0 Å². The molecule has 2 fully saturated rings. The Kier molecular flexibility index (Phi) is 7.25. The molecule has 0 bridgehead atoms. The molecular weight excluding hydrogens is 348 g/mol. The highest BCUT2D eigenvalue weighted by Gasteiger charge is 2.36. The molecule has 2 aliphatic rings. The number of carboxylic acid groups (broad SMARTS) is 2. The van der Waals surface area contributed by atoms with E-state index in [1.54, 1.807) is 0 Å². The molecule has 0 aromatic carbocycles. The average Bonchev–Trinajstić information content (AvgIpc) is 2.59. The Balaban J connectivity index is 1.93. The van der Waals surface area contributed by atoms with E-state index in [9.17, 15) is 19.5 Å². The summed E-state index contributed by atoms with van der Waals surface area (Å²) in [5, 5.41) is 18.4. The molecule has 2 saturated heterocycles. The van der Waals surface area contributed by atoms with E-state index in [-0.39, 0.29) is 30.1 Å². The summed E-state index contributed by atoms with van der Waals surface area (Å²) in [4.78, 5) is 39.2. The second kappa shape index (κ2) is 9.04. The summed E-state index contributed by atoms with van der Waals surface area (Å²) in [6.07, 6.45) is 3.09. The van der Waals surface area contributed by atoms with Crippen molar-refractivity contribution >= 4 is 17.8 Å². The first-order valence-corrected chi connectivity index (χ1v) is 10.0. The van der Waals surface area contributed by atoms with Crippen LogP contribution in [0.1, 0.15) is 52.9 Å². The van der Waals surface area contributed by atoms with Gasteiger partial charge in [-0.2, -0.15) is 0 Å². The van der Waals surface area contributed by atoms with Crippen LogP contribution in [0.4, 0.5) is 0 Å². The fourth-order valence-electron chi connectivity index (χ4n) is 4.31. The van der Waals surface area contributed by atoms with E-state index >= 15 is 0 Å². The van der Waals surface area contributed by atoms with E-state index in [0.29, 0.717) is 25.9 Å². The standard InChI is InChI=1S/C20H34N2O5/c1-20(2,3)19(27)22-11-7-15(12-17(23)24)16(13-22)6-10-21-8-4-14(5-9-21)18(25)26/h14-16H,4-13H2,1-3H3,(H,23,24)(H,25,26)/t15-,16-/m0/s1. The molecule has 2 N–H and O–H groups in total. The topological polar surface area (TPSA) is 98.2 Å². The normalized spacial score (nSPS) is 25.4. The minimum atomic E-state index is -0.775. The maximum Gasteiger partial charge on any atom is 0.306 e. The third-order valence-corrected chi connectivity index (χ3v) is 6.01.